The van der Waals surface area contributed by atoms with E-state index in [0.717, 1.165) is 27.9 Å². The van der Waals surface area contributed by atoms with Gasteiger partial charge in [0, 0.05) is 17.3 Å². The molecule has 0 unspecified atom stereocenters. The van der Waals surface area contributed by atoms with Crippen molar-refractivity contribution in [2.24, 2.45) is 0 Å². The van der Waals surface area contributed by atoms with Crippen LogP contribution in [0.5, 0.6) is 0 Å². The molecule has 0 spiro atoms. The van der Waals surface area contributed by atoms with Gasteiger partial charge >= 0.3 is 0 Å². The van der Waals surface area contributed by atoms with Gasteiger partial charge in [0.2, 0.25) is 0 Å². The molecule has 0 saturated heterocycles. The lowest BCUT2D eigenvalue weighted by molar-refractivity contribution is 1.25. The summed E-state index contributed by atoms with van der Waals surface area (Å²) in [6, 6.07) is 10.1. The summed E-state index contributed by atoms with van der Waals surface area (Å²) in [7, 11) is 0. The Morgan fingerprint density at radius 2 is 1.65 bits per heavy atom. The van der Waals surface area contributed by atoms with E-state index in [4.69, 9.17) is 0 Å². The van der Waals surface area contributed by atoms with Gasteiger partial charge in [0.1, 0.15) is 0 Å². The molecule has 0 radical (unpaired) electrons. The van der Waals surface area contributed by atoms with Crippen LogP contribution in [0, 0.1) is 6.92 Å². The first-order valence-electron chi connectivity index (χ1n) is 5.58. The number of hydrogen-bond donors (Lipinski definition) is 0. The van der Waals surface area contributed by atoms with Crippen molar-refractivity contribution in [1.82, 2.24) is 4.98 Å². The van der Waals surface area contributed by atoms with Crippen LogP contribution < -0.4 is 0 Å². The van der Waals surface area contributed by atoms with E-state index in [1.807, 2.05) is 43.5 Å². The lowest BCUT2D eigenvalue weighted by Crippen LogP contribution is -1.94. The highest BCUT2D eigenvalue weighted by Gasteiger charge is 2.09. The molecule has 84 valence electrons. The Morgan fingerprint density at radius 1 is 1.00 bits per heavy atom. The zero-order valence-corrected chi connectivity index (χ0v) is 9.98. The highest BCUT2D eigenvalue weighted by molar-refractivity contribution is 5.78. The molecule has 0 amide bonds. The maximum absolute atomic E-state index is 4.51. The molecule has 0 aliphatic carbocycles. The van der Waals surface area contributed by atoms with Gasteiger partial charge in [-0.15, -0.1) is 0 Å². The summed E-state index contributed by atoms with van der Waals surface area (Å²) >= 11 is 0. The summed E-state index contributed by atoms with van der Waals surface area (Å²) < 4.78 is 0. The Kier molecular flexibility index (Phi) is 3.20. The molecule has 0 fully saturated rings. The van der Waals surface area contributed by atoms with Crippen LogP contribution in [0.4, 0.5) is 0 Å². The molecule has 0 saturated carbocycles. The van der Waals surface area contributed by atoms with Crippen molar-refractivity contribution in [2.45, 2.75) is 6.92 Å². The van der Waals surface area contributed by atoms with Crippen LogP contribution in [0.2, 0.25) is 0 Å². The first kappa shape index (κ1) is 11.3. The predicted molar refractivity (Wildman–Crippen MR) is 74.6 cm³/mol. The highest BCUT2D eigenvalue weighted by atomic mass is 14.7. The average molecular weight is 221 g/mol. The first-order valence-corrected chi connectivity index (χ1v) is 5.58. The normalized spacial score (nSPS) is 9.94. The van der Waals surface area contributed by atoms with E-state index in [9.17, 15) is 0 Å². The number of rotatable bonds is 3. The highest BCUT2D eigenvalue weighted by Crippen LogP contribution is 2.27. The van der Waals surface area contributed by atoms with Gasteiger partial charge in [0.15, 0.2) is 0 Å². The van der Waals surface area contributed by atoms with Crippen molar-refractivity contribution in [3.05, 3.63) is 66.4 Å². The van der Waals surface area contributed by atoms with E-state index in [1.165, 1.54) is 0 Å². The number of benzene rings is 1. The first-order chi connectivity index (χ1) is 8.27. The number of pyridine rings is 1. The maximum atomic E-state index is 4.51. The van der Waals surface area contributed by atoms with Crippen molar-refractivity contribution >= 4 is 12.2 Å². The minimum Gasteiger partial charge on any atom is -0.255 e. The lowest BCUT2D eigenvalue weighted by atomic mass is 9.98. The van der Waals surface area contributed by atoms with Crippen LogP contribution in [-0.2, 0) is 0 Å². The van der Waals surface area contributed by atoms with Crippen LogP contribution in [0.15, 0.2) is 49.7 Å². The van der Waals surface area contributed by atoms with Crippen molar-refractivity contribution < 1.29 is 0 Å². The molecule has 0 aliphatic rings. The lowest BCUT2D eigenvalue weighted by Gasteiger charge is -2.11. The second kappa shape index (κ2) is 4.79. The Balaban J connectivity index is 2.71. The molecule has 1 heterocycles. The zero-order valence-electron chi connectivity index (χ0n) is 9.98. The summed E-state index contributed by atoms with van der Waals surface area (Å²) in [5, 5.41) is 0. The number of aryl methyl sites for hydroxylation is 1. The van der Waals surface area contributed by atoms with Crippen LogP contribution in [0.1, 0.15) is 16.7 Å². The molecule has 0 bridgehead atoms. The molecule has 17 heavy (non-hydrogen) atoms. The fourth-order valence-corrected chi connectivity index (χ4v) is 1.94. The second-order valence-corrected chi connectivity index (χ2v) is 3.89. The van der Waals surface area contributed by atoms with E-state index in [0.29, 0.717) is 0 Å². The third kappa shape index (κ3) is 2.04. The van der Waals surface area contributed by atoms with Crippen molar-refractivity contribution in [3.63, 3.8) is 0 Å². The van der Waals surface area contributed by atoms with E-state index in [-0.39, 0.29) is 0 Å². The van der Waals surface area contributed by atoms with Gasteiger partial charge in [-0.1, -0.05) is 55.6 Å². The molecule has 1 aromatic heterocycles. The molecule has 1 nitrogen and oxygen atoms in total. The molecule has 1 heteroatoms. The summed E-state index contributed by atoms with van der Waals surface area (Å²) in [6.07, 6.45) is 5.59. The fourth-order valence-electron chi connectivity index (χ4n) is 1.94. The molecule has 0 aliphatic heterocycles. The smallest absolute Gasteiger partial charge is 0.0780 e. The van der Waals surface area contributed by atoms with Gasteiger partial charge < -0.3 is 0 Å². The van der Waals surface area contributed by atoms with Crippen LogP contribution >= 0.6 is 0 Å². The quantitative estimate of drug-likeness (QED) is 0.751. The van der Waals surface area contributed by atoms with Gasteiger partial charge in [-0.25, -0.2) is 0 Å². The monoisotopic (exact) mass is 221 g/mol. The van der Waals surface area contributed by atoms with Crippen LogP contribution in [0.3, 0.4) is 0 Å². The van der Waals surface area contributed by atoms with E-state index in [2.05, 4.69) is 30.3 Å². The molecular formula is C16H15N. The van der Waals surface area contributed by atoms with Crippen molar-refractivity contribution in [3.8, 4) is 11.3 Å². The third-order valence-electron chi connectivity index (χ3n) is 2.81. The standard InChI is InChI=1S/C16H15N/c1-4-14-12(3)11-17-16(15(14)5-2)13-9-7-6-8-10-13/h4-11H,1-2H2,3H3. The number of aromatic nitrogens is 1. The largest absolute Gasteiger partial charge is 0.255 e. The molecular weight excluding hydrogens is 206 g/mol. The SMILES string of the molecule is C=Cc1c(C)cnc(-c2ccccc2)c1C=C. The average Bonchev–Trinajstić information content (AvgIpc) is 2.39. The van der Waals surface area contributed by atoms with E-state index in [1.54, 1.807) is 0 Å². The zero-order chi connectivity index (χ0) is 12.3. The minimum absolute atomic E-state index is 0.959. The van der Waals surface area contributed by atoms with Crippen molar-refractivity contribution in [1.29, 1.82) is 0 Å². The topological polar surface area (TPSA) is 12.9 Å². The molecule has 0 atom stereocenters. The summed E-state index contributed by atoms with van der Waals surface area (Å²) in [5.74, 6) is 0. The summed E-state index contributed by atoms with van der Waals surface area (Å²) in [5.41, 5.74) is 5.33. The maximum Gasteiger partial charge on any atom is 0.0780 e. The Hall–Kier alpha value is -2.15. The van der Waals surface area contributed by atoms with E-state index >= 15 is 0 Å². The molecule has 0 N–H and O–H groups in total. The second-order valence-electron chi connectivity index (χ2n) is 3.89. The van der Waals surface area contributed by atoms with Gasteiger partial charge in [-0.05, 0) is 18.1 Å². The Bertz CT molecular complexity index is 553. The summed E-state index contributed by atoms with van der Waals surface area (Å²) in [6.45, 7) is 9.77. The predicted octanol–water partition coefficient (Wildman–Crippen LogP) is 4.34. The number of nitrogens with zero attached hydrogens (tertiary/aromatic N) is 1. The fraction of sp³-hybridized carbons (Fsp3) is 0.0625. The minimum atomic E-state index is 0.959. The number of hydrogen-bond acceptors (Lipinski definition) is 1. The van der Waals surface area contributed by atoms with Crippen molar-refractivity contribution in [2.75, 3.05) is 0 Å². The van der Waals surface area contributed by atoms with Crippen LogP contribution in [0.25, 0.3) is 23.4 Å². The molecule has 2 rings (SSSR count). The van der Waals surface area contributed by atoms with Crippen LogP contribution in [-0.4, -0.2) is 4.98 Å². The third-order valence-corrected chi connectivity index (χ3v) is 2.81. The summed E-state index contributed by atoms with van der Waals surface area (Å²) in [4.78, 5) is 4.51. The van der Waals surface area contributed by atoms with Gasteiger partial charge in [-0.2, -0.15) is 0 Å². The van der Waals surface area contributed by atoms with Gasteiger partial charge in [-0.3, -0.25) is 4.98 Å². The molecule has 2 aromatic rings. The van der Waals surface area contributed by atoms with Gasteiger partial charge in [0.25, 0.3) is 0 Å². The van der Waals surface area contributed by atoms with E-state index < -0.39 is 0 Å². The Labute approximate surface area is 102 Å². The Morgan fingerprint density at radius 3 is 2.24 bits per heavy atom. The molecule has 1 aromatic carbocycles. The van der Waals surface area contributed by atoms with Gasteiger partial charge in [0.05, 0.1) is 5.69 Å².